The molecule has 5 heteroatoms. The second-order valence-corrected chi connectivity index (χ2v) is 4.88. The van der Waals surface area contributed by atoms with Crippen LogP contribution in [0, 0.1) is 0 Å². The number of anilines is 1. The highest BCUT2D eigenvalue weighted by Gasteiger charge is 2.21. The first-order chi connectivity index (χ1) is 8.18. The molecule has 1 aliphatic heterocycles. The lowest BCUT2D eigenvalue weighted by Gasteiger charge is -2.22. The van der Waals surface area contributed by atoms with Crippen LogP contribution in [0.5, 0.6) is 0 Å². The Kier molecular flexibility index (Phi) is 4.26. The van der Waals surface area contributed by atoms with E-state index in [-0.39, 0.29) is 11.9 Å². The summed E-state index contributed by atoms with van der Waals surface area (Å²) in [5.41, 5.74) is 0.566. The minimum atomic E-state index is -0.126. The molecule has 1 aliphatic rings. The van der Waals surface area contributed by atoms with Crippen LogP contribution >= 0.6 is 23.2 Å². The number of rotatable bonds is 2. The second kappa shape index (κ2) is 5.71. The molecule has 0 aliphatic carbocycles. The molecule has 0 spiro atoms. The summed E-state index contributed by atoms with van der Waals surface area (Å²) in [6.07, 6.45) is 3.07. The molecular formula is C12H14Cl2N2O. The minimum absolute atomic E-state index is 0.0473. The van der Waals surface area contributed by atoms with Gasteiger partial charge in [-0.3, -0.25) is 4.79 Å². The molecule has 1 saturated heterocycles. The number of nitrogens with one attached hydrogen (secondary N) is 2. The Morgan fingerprint density at radius 1 is 1.35 bits per heavy atom. The van der Waals surface area contributed by atoms with E-state index in [1.54, 1.807) is 18.2 Å². The largest absolute Gasteiger partial charge is 0.323 e. The van der Waals surface area contributed by atoms with Crippen LogP contribution in [0.3, 0.4) is 0 Å². The van der Waals surface area contributed by atoms with E-state index in [1.165, 1.54) is 0 Å². The van der Waals surface area contributed by atoms with Gasteiger partial charge in [0.05, 0.1) is 21.8 Å². The van der Waals surface area contributed by atoms with Gasteiger partial charge in [0.25, 0.3) is 0 Å². The first-order valence-electron chi connectivity index (χ1n) is 5.67. The summed E-state index contributed by atoms with van der Waals surface area (Å²) in [7, 11) is 0. The molecule has 0 saturated carbocycles. The van der Waals surface area contributed by atoms with E-state index in [1.807, 2.05) is 0 Å². The van der Waals surface area contributed by atoms with E-state index in [9.17, 15) is 4.79 Å². The fraction of sp³-hybridized carbons (Fsp3) is 0.417. The van der Waals surface area contributed by atoms with Crippen molar-refractivity contribution in [1.29, 1.82) is 0 Å². The SMILES string of the molecule is O=C(Nc1cccc(Cl)c1Cl)[C@@H]1CCCCN1. The van der Waals surface area contributed by atoms with Crippen molar-refractivity contribution in [2.24, 2.45) is 0 Å². The van der Waals surface area contributed by atoms with E-state index in [0.717, 1.165) is 25.8 Å². The number of carbonyl (C=O) groups excluding carboxylic acids is 1. The lowest BCUT2D eigenvalue weighted by Crippen LogP contribution is -2.43. The molecule has 0 aromatic heterocycles. The van der Waals surface area contributed by atoms with Gasteiger partial charge in [-0.05, 0) is 31.5 Å². The van der Waals surface area contributed by atoms with Crippen LogP contribution in [0.2, 0.25) is 10.0 Å². The minimum Gasteiger partial charge on any atom is -0.323 e. The second-order valence-electron chi connectivity index (χ2n) is 4.09. The van der Waals surface area contributed by atoms with Crippen LogP contribution in [0.1, 0.15) is 19.3 Å². The van der Waals surface area contributed by atoms with E-state index in [0.29, 0.717) is 15.7 Å². The molecule has 2 N–H and O–H groups in total. The zero-order valence-electron chi connectivity index (χ0n) is 9.30. The van der Waals surface area contributed by atoms with Crippen molar-refractivity contribution in [2.75, 3.05) is 11.9 Å². The number of hydrogen-bond acceptors (Lipinski definition) is 2. The quantitative estimate of drug-likeness (QED) is 0.869. The zero-order chi connectivity index (χ0) is 12.3. The molecule has 1 amide bonds. The maximum Gasteiger partial charge on any atom is 0.241 e. The van der Waals surface area contributed by atoms with Crippen LogP contribution in [0.15, 0.2) is 18.2 Å². The van der Waals surface area contributed by atoms with Gasteiger partial charge in [-0.15, -0.1) is 0 Å². The molecule has 3 nitrogen and oxygen atoms in total. The van der Waals surface area contributed by atoms with E-state index < -0.39 is 0 Å². The first-order valence-corrected chi connectivity index (χ1v) is 6.42. The van der Waals surface area contributed by atoms with Gasteiger partial charge in [0.1, 0.15) is 0 Å². The topological polar surface area (TPSA) is 41.1 Å². The van der Waals surface area contributed by atoms with Crippen molar-refractivity contribution in [3.05, 3.63) is 28.2 Å². The normalized spacial score (nSPS) is 20.0. The van der Waals surface area contributed by atoms with Crippen molar-refractivity contribution in [2.45, 2.75) is 25.3 Å². The molecule has 0 bridgehead atoms. The summed E-state index contributed by atoms with van der Waals surface area (Å²) < 4.78 is 0. The fourth-order valence-corrected chi connectivity index (χ4v) is 2.24. The predicted octanol–water partition coefficient (Wildman–Crippen LogP) is 3.07. The van der Waals surface area contributed by atoms with Crippen molar-refractivity contribution in [1.82, 2.24) is 5.32 Å². The van der Waals surface area contributed by atoms with E-state index in [2.05, 4.69) is 10.6 Å². The van der Waals surface area contributed by atoms with E-state index >= 15 is 0 Å². The van der Waals surface area contributed by atoms with Crippen molar-refractivity contribution >= 4 is 34.8 Å². The smallest absolute Gasteiger partial charge is 0.241 e. The fourth-order valence-electron chi connectivity index (χ4n) is 1.90. The van der Waals surface area contributed by atoms with Crippen molar-refractivity contribution in [3.8, 4) is 0 Å². The van der Waals surface area contributed by atoms with Gasteiger partial charge in [-0.25, -0.2) is 0 Å². The number of hydrogen-bond donors (Lipinski definition) is 2. The van der Waals surface area contributed by atoms with Crippen molar-refractivity contribution < 1.29 is 4.79 Å². The summed E-state index contributed by atoms with van der Waals surface area (Å²) in [5, 5.41) is 6.82. The van der Waals surface area contributed by atoms with Gasteiger partial charge in [0.15, 0.2) is 0 Å². The molecule has 1 aromatic rings. The predicted molar refractivity (Wildman–Crippen MR) is 70.7 cm³/mol. The molecule has 2 rings (SSSR count). The zero-order valence-corrected chi connectivity index (χ0v) is 10.8. The number of carbonyl (C=O) groups is 1. The van der Waals surface area contributed by atoms with Crippen LogP contribution in [-0.4, -0.2) is 18.5 Å². The van der Waals surface area contributed by atoms with Gasteiger partial charge in [0, 0.05) is 0 Å². The molecule has 1 aromatic carbocycles. The van der Waals surface area contributed by atoms with Crippen molar-refractivity contribution in [3.63, 3.8) is 0 Å². The van der Waals surface area contributed by atoms with Crippen LogP contribution in [-0.2, 0) is 4.79 Å². The first kappa shape index (κ1) is 12.7. The summed E-state index contributed by atoms with van der Waals surface area (Å²) >= 11 is 11.9. The Morgan fingerprint density at radius 3 is 2.88 bits per heavy atom. The van der Waals surface area contributed by atoms with Crippen LogP contribution in [0.25, 0.3) is 0 Å². The maximum absolute atomic E-state index is 12.0. The molecule has 0 radical (unpaired) electrons. The third-order valence-corrected chi connectivity index (χ3v) is 3.66. The highest BCUT2D eigenvalue weighted by Crippen LogP contribution is 2.29. The highest BCUT2D eigenvalue weighted by molar-refractivity contribution is 6.44. The Hall–Kier alpha value is -0.770. The van der Waals surface area contributed by atoms with Gasteiger partial charge in [-0.2, -0.15) is 0 Å². The Balaban J connectivity index is 2.04. The number of piperidine rings is 1. The highest BCUT2D eigenvalue weighted by atomic mass is 35.5. The van der Waals surface area contributed by atoms with E-state index in [4.69, 9.17) is 23.2 Å². The summed E-state index contributed by atoms with van der Waals surface area (Å²) in [4.78, 5) is 12.0. The molecule has 1 atom stereocenters. The Labute approximate surface area is 110 Å². The molecule has 1 heterocycles. The number of amides is 1. The molecule has 1 fully saturated rings. The molecule has 17 heavy (non-hydrogen) atoms. The van der Waals surface area contributed by atoms with Gasteiger partial charge >= 0.3 is 0 Å². The monoisotopic (exact) mass is 272 g/mol. The van der Waals surface area contributed by atoms with Gasteiger partial charge in [0.2, 0.25) is 5.91 Å². The lowest BCUT2D eigenvalue weighted by molar-refractivity contribution is -0.118. The van der Waals surface area contributed by atoms with Gasteiger partial charge < -0.3 is 10.6 Å². The Bertz CT molecular complexity index is 417. The van der Waals surface area contributed by atoms with Gasteiger partial charge in [-0.1, -0.05) is 35.7 Å². The third-order valence-electron chi connectivity index (χ3n) is 2.84. The molecular weight excluding hydrogens is 259 g/mol. The lowest BCUT2D eigenvalue weighted by atomic mass is 10.0. The van der Waals surface area contributed by atoms with Crippen LogP contribution in [0.4, 0.5) is 5.69 Å². The molecule has 92 valence electrons. The van der Waals surface area contributed by atoms with Crippen LogP contribution < -0.4 is 10.6 Å². The number of benzene rings is 1. The third kappa shape index (κ3) is 3.12. The standard InChI is InChI=1S/C12H14Cl2N2O/c13-8-4-3-6-9(11(8)14)16-12(17)10-5-1-2-7-15-10/h3-4,6,10,15H,1-2,5,7H2,(H,16,17)/t10-/m0/s1. The summed E-state index contributed by atoms with van der Waals surface area (Å²) in [6.45, 7) is 0.890. The maximum atomic E-state index is 12.0. The summed E-state index contributed by atoms with van der Waals surface area (Å²) in [6, 6.07) is 5.07. The average Bonchev–Trinajstić information content (AvgIpc) is 2.36. The number of halogens is 2. The summed E-state index contributed by atoms with van der Waals surface area (Å²) in [5.74, 6) is -0.0473. The molecule has 0 unspecified atom stereocenters. The Morgan fingerprint density at radius 2 is 2.18 bits per heavy atom. The average molecular weight is 273 g/mol.